The molecular formula is C20H18N2O. The van der Waals surface area contributed by atoms with Gasteiger partial charge in [0.15, 0.2) is 0 Å². The largest absolute Gasteiger partial charge is 0.361 e. The second-order valence-electron chi connectivity index (χ2n) is 5.26. The van der Waals surface area contributed by atoms with E-state index in [1.165, 1.54) is 5.39 Å². The van der Waals surface area contributed by atoms with Gasteiger partial charge in [-0.25, -0.2) is 0 Å². The van der Waals surface area contributed by atoms with Gasteiger partial charge in [-0.2, -0.15) is 5.26 Å². The van der Waals surface area contributed by atoms with Crippen molar-refractivity contribution in [1.29, 1.82) is 5.26 Å². The highest BCUT2D eigenvalue weighted by atomic mass is 16.5. The SMILES string of the molecule is CCOCn1cccc1C=C(C#N)c1ccc2ccccc2c1. The number of ether oxygens (including phenoxy) is 1. The van der Waals surface area contributed by atoms with E-state index >= 15 is 0 Å². The Morgan fingerprint density at radius 3 is 2.74 bits per heavy atom. The molecule has 1 aromatic heterocycles. The Labute approximate surface area is 136 Å². The van der Waals surface area contributed by atoms with Crippen molar-refractivity contribution in [2.45, 2.75) is 13.7 Å². The van der Waals surface area contributed by atoms with Crippen LogP contribution in [-0.2, 0) is 11.5 Å². The first-order valence-electron chi connectivity index (χ1n) is 7.65. The molecule has 3 rings (SSSR count). The van der Waals surface area contributed by atoms with E-state index in [-0.39, 0.29) is 0 Å². The smallest absolute Gasteiger partial charge is 0.122 e. The Morgan fingerprint density at radius 1 is 1.13 bits per heavy atom. The second-order valence-corrected chi connectivity index (χ2v) is 5.26. The Kier molecular flexibility index (Phi) is 4.56. The minimum Gasteiger partial charge on any atom is -0.361 e. The minimum absolute atomic E-state index is 0.492. The van der Waals surface area contributed by atoms with Crippen molar-refractivity contribution in [2.75, 3.05) is 6.61 Å². The van der Waals surface area contributed by atoms with Crippen molar-refractivity contribution in [3.05, 3.63) is 72.1 Å². The summed E-state index contributed by atoms with van der Waals surface area (Å²) in [5.41, 5.74) is 2.53. The van der Waals surface area contributed by atoms with Gasteiger partial charge in [0.1, 0.15) is 6.73 Å². The van der Waals surface area contributed by atoms with Crippen LogP contribution < -0.4 is 0 Å². The van der Waals surface area contributed by atoms with E-state index in [0.717, 1.165) is 16.6 Å². The molecule has 0 saturated heterocycles. The van der Waals surface area contributed by atoms with E-state index in [1.807, 2.05) is 54.1 Å². The highest BCUT2D eigenvalue weighted by Gasteiger charge is 2.05. The Bertz CT molecular complexity index is 884. The van der Waals surface area contributed by atoms with Crippen LogP contribution >= 0.6 is 0 Å². The molecule has 3 nitrogen and oxygen atoms in total. The quantitative estimate of drug-likeness (QED) is 0.641. The van der Waals surface area contributed by atoms with E-state index in [2.05, 4.69) is 30.3 Å². The van der Waals surface area contributed by atoms with Crippen LogP contribution in [0.4, 0.5) is 0 Å². The fourth-order valence-corrected chi connectivity index (χ4v) is 2.55. The number of benzene rings is 2. The monoisotopic (exact) mass is 302 g/mol. The molecule has 3 heteroatoms. The summed E-state index contributed by atoms with van der Waals surface area (Å²) in [4.78, 5) is 0. The first-order chi connectivity index (χ1) is 11.3. The average molecular weight is 302 g/mol. The first-order valence-corrected chi connectivity index (χ1v) is 7.65. The van der Waals surface area contributed by atoms with Crippen LogP contribution in [0.5, 0.6) is 0 Å². The molecular weight excluding hydrogens is 284 g/mol. The predicted octanol–water partition coefficient (Wildman–Crippen LogP) is 4.70. The highest BCUT2D eigenvalue weighted by Crippen LogP contribution is 2.23. The van der Waals surface area contributed by atoms with Gasteiger partial charge in [0.05, 0.1) is 11.6 Å². The summed E-state index contributed by atoms with van der Waals surface area (Å²) in [7, 11) is 0. The van der Waals surface area contributed by atoms with Gasteiger partial charge in [0, 0.05) is 18.5 Å². The Morgan fingerprint density at radius 2 is 1.96 bits per heavy atom. The van der Waals surface area contributed by atoms with Gasteiger partial charge in [-0.1, -0.05) is 36.4 Å². The molecule has 0 spiro atoms. The minimum atomic E-state index is 0.492. The Balaban J connectivity index is 1.98. The summed E-state index contributed by atoms with van der Waals surface area (Å²) >= 11 is 0. The van der Waals surface area contributed by atoms with E-state index in [4.69, 9.17) is 4.74 Å². The zero-order valence-electron chi connectivity index (χ0n) is 13.1. The third kappa shape index (κ3) is 3.33. The van der Waals surface area contributed by atoms with Crippen molar-refractivity contribution >= 4 is 22.4 Å². The molecule has 114 valence electrons. The third-order valence-electron chi connectivity index (χ3n) is 3.77. The number of hydrogen-bond acceptors (Lipinski definition) is 2. The average Bonchev–Trinajstić information content (AvgIpc) is 3.04. The normalized spacial score (nSPS) is 11.6. The predicted molar refractivity (Wildman–Crippen MR) is 93.5 cm³/mol. The zero-order valence-corrected chi connectivity index (χ0v) is 13.1. The number of rotatable bonds is 5. The molecule has 0 aliphatic heterocycles. The highest BCUT2D eigenvalue weighted by molar-refractivity contribution is 5.93. The molecule has 0 aliphatic rings. The summed E-state index contributed by atoms with van der Waals surface area (Å²) in [6, 6.07) is 20.5. The van der Waals surface area contributed by atoms with Crippen LogP contribution in [0.3, 0.4) is 0 Å². The van der Waals surface area contributed by atoms with Crippen LogP contribution in [0.2, 0.25) is 0 Å². The van der Waals surface area contributed by atoms with Crippen molar-refractivity contribution in [3.8, 4) is 6.07 Å². The Hall–Kier alpha value is -2.83. The summed E-state index contributed by atoms with van der Waals surface area (Å²) in [6.07, 6.45) is 3.86. The molecule has 0 fully saturated rings. The molecule has 0 bridgehead atoms. The number of fused-ring (bicyclic) bond motifs is 1. The topological polar surface area (TPSA) is 38.0 Å². The van der Waals surface area contributed by atoms with Crippen LogP contribution in [-0.4, -0.2) is 11.2 Å². The van der Waals surface area contributed by atoms with Gasteiger partial charge >= 0.3 is 0 Å². The molecule has 1 heterocycles. The van der Waals surface area contributed by atoms with Gasteiger partial charge in [0.25, 0.3) is 0 Å². The lowest BCUT2D eigenvalue weighted by atomic mass is 10.0. The summed E-state index contributed by atoms with van der Waals surface area (Å²) in [6.45, 7) is 3.12. The van der Waals surface area contributed by atoms with E-state index in [9.17, 15) is 5.26 Å². The summed E-state index contributed by atoms with van der Waals surface area (Å²) < 4.78 is 7.44. The fraction of sp³-hybridized carbons (Fsp3) is 0.150. The van der Waals surface area contributed by atoms with Gasteiger partial charge < -0.3 is 9.30 Å². The van der Waals surface area contributed by atoms with Crippen molar-refractivity contribution < 1.29 is 4.74 Å². The molecule has 2 aromatic carbocycles. The number of nitriles is 1. The maximum absolute atomic E-state index is 9.56. The lowest BCUT2D eigenvalue weighted by molar-refractivity contribution is 0.0877. The molecule has 0 aliphatic carbocycles. The number of hydrogen-bond donors (Lipinski definition) is 0. The summed E-state index contributed by atoms with van der Waals surface area (Å²) in [5.74, 6) is 0. The zero-order chi connectivity index (χ0) is 16.1. The fourth-order valence-electron chi connectivity index (χ4n) is 2.55. The van der Waals surface area contributed by atoms with Gasteiger partial charge in [-0.05, 0) is 47.5 Å². The molecule has 0 saturated carbocycles. The van der Waals surface area contributed by atoms with Crippen molar-refractivity contribution in [1.82, 2.24) is 4.57 Å². The van der Waals surface area contributed by atoms with Crippen LogP contribution in [0, 0.1) is 11.3 Å². The van der Waals surface area contributed by atoms with E-state index in [1.54, 1.807) is 0 Å². The molecule has 3 aromatic rings. The lowest BCUT2D eigenvalue weighted by Gasteiger charge is -2.07. The lowest BCUT2D eigenvalue weighted by Crippen LogP contribution is -2.02. The van der Waals surface area contributed by atoms with Gasteiger partial charge in [0.2, 0.25) is 0 Å². The maximum atomic E-state index is 9.56. The van der Waals surface area contributed by atoms with E-state index < -0.39 is 0 Å². The summed E-state index contributed by atoms with van der Waals surface area (Å²) in [5, 5.41) is 11.9. The molecule has 23 heavy (non-hydrogen) atoms. The van der Waals surface area contributed by atoms with Crippen LogP contribution in [0.15, 0.2) is 60.8 Å². The van der Waals surface area contributed by atoms with Crippen LogP contribution in [0.1, 0.15) is 18.2 Å². The van der Waals surface area contributed by atoms with E-state index in [0.29, 0.717) is 18.9 Å². The van der Waals surface area contributed by atoms with Crippen molar-refractivity contribution in [2.24, 2.45) is 0 Å². The molecule has 0 radical (unpaired) electrons. The second kappa shape index (κ2) is 6.95. The number of nitrogens with zero attached hydrogens (tertiary/aromatic N) is 2. The molecule has 0 unspecified atom stereocenters. The number of allylic oxidation sites excluding steroid dienone is 1. The third-order valence-corrected chi connectivity index (χ3v) is 3.77. The van der Waals surface area contributed by atoms with Crippen molar-refractivity contribution in [3.63, 3.8) is 0 Å². The maximum Gasteiger partial charge on any atom is 0.122 e. The molecule has 0 N–H and O–H groups in total. The number of aromatic nitrogens is 1. The first kappa shape index (κ1) is 15.1. The van der Waals surface area contributed by atoms with Gasteiger partial charge in [-0.3, -0.25) is 0 Å². The molecule has 0 amide bonds. The molecule has 0 atom stereocenters. The standard InChI is InChI=1S/C20H18N2O/c1-2-23-15-22-11-5-8-20(22)13-19(14-21)18-10-9-16-6-3-4-7-17(16)12-18/h3-13H,2,15H2,1H3. The van der Waals surface area contributed by atoms with Gasteiger partial charge in [-0.15, -0.1) is 0 Å². The van der Waals surface area contributed by atoms with Crippen LogP contribution in [0.25, 0.3) is 22.4 Å².